The van der Waals surface area contributed by atoms with Crippen molar-refractivity contribution in [3.05, 3.63) is 35.4 Å². The normalized spacial score (nSPS) is 34.9. The minimum Gasteiger partial charge on any atom is -0.386 e. The van der Waals surface area contributed by atoms with Crippen LogP contribution in [0, 0.1) is 33.5 Å². The van der Waals surface area contributed by atoms with Crippen LogP contribution in [-0.4, -0.2) is 25.0 Å². The average molecular weight is 348 g/mol. The van der Waals surface area contributed by atoms with Crippen LogP contribution in [0.1, 0.15) is 17.0 Å². The number of nitrogens with zero attached hydrogens (tertiary/aromatic N) is 3. The van der Waals surface area contributed by atoms with E-state index in [9.17, 15) is 23.7 Å². The first kappa shape index (κ1) is 15.9. The lowest BCUT2D eigenvalue weighted by Crippen LogP contribution is -2.38. The number of ether oxygens (including phenoxy) is 2. The Morgan fingerprint density at radius 1 is 1.20 bits per heavy atom. The van der Waals surface area contributed by atoms with Gasteiger partial charge in [-0.15, -0.1) is 0 Å². The summed E-state index contributed by atoms with van der Waals surface area (Å²) in [4.78, 5) is 4.07. The monoisotopic (exact) mass is 348 g/mol. The van der Waals surface area contributed by atoms with E-state index >= 15 is 0 Å². The Hall–Kier alpha value is -2.62. The SMILES string of the molecule is N#CC12C(N)=NC3(OCCO3)C1(C#N)C2c1cccc(C(F)(F)F)c1. The van der Waals surface area contributed by atoms with Gasteiger partial charge in [0.2, 0.25) is 0 Å². The molecule has 2 heterocycles. The van der Waals surface area contributed by atoms with Gasteiger partial charge in [-0.25, -0.2) is 4.99 Å². The van der Waals surface area contributed by atoms with Crippen LogP contribution < -0.4 is 5.73 Å². The van der Waals surface area contributed by atoms with E-state index in [1.165, 1.54) is 12.1 Å². The van der Waals surface area contributed by atoms with Crippen molar-refractivity contribution in [3.63, 3.8) is 0 Å². The fraction of sp³-hybridized carbons (Fsp3) is 0.438. The topological polar surface area (TPSA) is 104 Å². The highest BCUT2D eigenvalue weighted by Crippen LogP contribution is 2.82. The summed E-state index contributed by atoms with van der Waals surface area (Å²) in [5, 5.41) is 19.6. The van der Waals surface area contributed by atoms with E-state index in [1.807, 2.05) is 12.1 Å². The summed E-state index contributed by atoms with van der Waals surface area (Å²) in [6.45, 7) is 0.300. The molecule has 0 aromatic heterocycles. The zero-order valence-corrected chi connectivity index (χ0v) is 12.7. The van der Waals surface area contributed by atoms with Gasteiger partial charge in [-0.3, -0.25) is 0 Å². The van der Waals surface area contributed by atoms with Gasteiger partial charge in [0, 0.05) is 5.92 Å². The maximum absolute atomic E-state index is 13.0. The van der Waals surface area contributed by atoms with Crippen LogP contribution in [0.3, 0.4) is 0 Å². The fourth-order valence-electron chi connectivity index (χ4n) is 4.11. The average Bonchev–Trinajstić information content (AvgIpc) is 2.84. The number of hydrogen-bond donors (Lipinski definition) is 1. The molecular formula is C16H11F3N4O2. The fourth-order valence-corrected chi connectivity index (χ4v) is 4.11. The minimum absolute atomic E-state index is 0.150. The number of hydrogen-bond acceptors (Lipinski definition) is 6. The molecule has 1 saturated carbocycles. The third-order valence-electron chi connectivity index (χ3n) is 5.15. The summed E-state index contributed by atoms with van der Waals surface area (Å²) in [6, 6.07) is 8.55. The molecule has 0 radical (unpaired) electrons. The lowest BCUT2D eigenvalue weighted by Gasteiger charge is -2.25. The second kappa shape index (κ2) is 4.51. The van der Waals surface area contributed by atoms with E-state index in [2.05, 4.69) is 4.99 Å². The van der Waals surface area contributed by atoms with Crippen LogP contribution in [0.2, 0.25) is 0 Å². The molecular weight excluding hydrogens is 337 g/mol. The molecule has 6 nitrogen and oxygen atoms in total. The van der Waals surface area contributed by atoms with Crippen molar-refractivity contribution in [3.8, 4) is 12.1 Å². The lowest BCUT2D eigenvalue weighted by atomic mass is 9.93. The number of nitrogens with two attached hydrogens (primary N) is 1. The molecule has 0 amide bonds. The van der Waals surface area contributed by atoms with Gasteiger partial charge in [0.05, 0.1) is 30.9 Å². The Balaban J connectivity index is 1.90. The van der Waals surface area contributed by atoms with E-state index in [-0.39, 0.29) is 24.6 Å². The molecule has 2 N–H and O–H groups in total. The van der Waals surface area contributed by atoms with Crippen molar-refractivity contribution in [2.45, 2.75) is 18.0 Å². The van der Waals surface area contributed by atoms with Crippen molar-refractivity contribution in [2.24, 2.45) is 21.6 Å². The van der Waals surface area contributed by atoms with Gasteiger partial charge in [-0.2, -0.15) is 23.7 Å². The molecule has 1 aliphatic carbocycles. The summed E-state index contributed by atoms with van der Waals surface area (Å²) in [5.41, 5.74) is 2.05. The lowest BCUT2D eigenvalue weighted by molar-refractivity contribution is -0.184. The summed E-state index contributed by atoms with van der Waals surface area (Å²) >= 11 is 0. The third-order valence-corrected chi connectivity index (χ3v) is 5.15. The molecule has 0 bridgehead atoms. The minimum atomic E-state index is -4.54. The van der Waals surface area contributed by atoms with Gasteiger partial charge in [-0.05, 0) is 11.6 Å². The second-order valence-corrected chi connectivity index (χ2v) is 6.17. The number of rotatable bonds is 1. The number of nitriles is 2. The summed E-state index contributed by atoms with van der Waals surface area (Å²) in [7, 11) is 0. The molecule has 1 spiro atoms. The molecule has 2 fully saturated rings. The molecule has 2 aliphatic heterocycles. The number of amidine groups is 1. The van der Waals surface area contributed by atoms with E-state index in [1.54, 1.807) is 0 Å². The highest BCUT2D eigenvalue weighted by molar-refractivity contribution is 6.00. The van der Waals surface area contributed by atoms with Crippen molar-refractivity contribution >= 4 is 5.84 Å². The van der Waals surface area contributed by atoms with Gasteiger partial charge < -0.3 is 15.2 Å². The smallest absolute Gasteiger partial charge is 0.386 e. The summed E-state index contributed by atoms with van der Waals surface area (Å²) in [5.74, 6) is -2.82. The van der Waals surface area contributed by atoms with Crippen molar-refractivity contribution < 1.29 is 22.6 Å². The van der Waals surface area contributed by atoms with E-state index in [0.717, 1.165) is 12.1 Å². The molecule has 9 heteroatoms. The predicted molar refractivity (Wildman–Crippen MR) is 76.5 cm³/mol. The molecule has 1 saturated heterocycles. The number of fused-ring (bicyclic) bond motifs is 2. The van der Waals surface area contributed by atoms with Crippen molar-refractivity contribution in [2.75, 3.05) is 13.2 Å². The highest BCUT2D eigenvalue weighted by atomic mass is 19.4. The van der Waals surface area contributed by atoms with Crippen molar-refractivity contribution in [1.29, 1.82) is 10.5 Å². The van der Waals surface area contributed by atoms with Crippen LogP contribution in [0.25, 0.3) is 0 Å². The number of benzene rings is 1. The number of aliphatic imine (C=N–C) groups is 1. The summed E-state index contributed by atoms with van der Waals surface area (Å²) < 4.78 is 50.1. The van der Waals surface area contributed by atoms with Crippen LogP contribution >= 0.6 is 0 Å². The van der Waals surface area contributed by atoms with Crippen molar-refractivity contribution in [1.82, 2.24) is 0 Å². The Bertz CT molecular complexity index is 879. The predicted octanol–water partition coefficient (Wildman–Crippen LogP) is 1.89. The van der Waals surface area contributed by atoms with Gasteiger partial charge in [0.1, 0.15) is 11.3 Å². The first-order valence-electron chi connectivity index (χ1n) is 7.42. The van der Waals surface area contributed by atoms with E-state index in [4.69, 9.17) is 15.2 Å². The Kier molecular flexibility index (Phi) is 2.86. The van der Waals surface area contributed by atoms with Crippen LogP contribution in [0.5, 0.6) is 0 Å². The third kappa shape index (κ3) is 1.58. The number of halogens is 3. The quantitative estimate of drug-likeness (QED) is 0.834. The first-order valence-corrected chi connectivity index (χ1v) is 7.42. The zero-order chi connectivity index (χ0) is 18.1. The standard InChI is InChI=1S/C16H11F3N4O2/c17-15(18,19)10-3-1-2-9(6-10)11-13(7-20)12(22)23-16(14(11,13)8-21)24-4-5-25-16/h1-3,6,11H,4-5H2,(H2,22,23). The molecule has 1 aromatic carbocycles. The van der Waals surface area contributed by atoms with Gasteiger partial charge in [0.15, 0.2) is 5.41 Å². The Morgan fingerprint density at radius 3 is 2.44 bits per heavy atom. The van der Waals surface area contributed by atoms with Crippen LogP contribution in [0.4, 0.5) is 13.2 Å². The maximum Gasteiger partial charge on any atom is 0.416 e. The molecule has 3 unspecified atom stereocenters. The maximum atomic E-state index is 13.0. The number of alkyl halides is 3. The van der Waals surface area contributed by atoms with E-state index in [0.29, 0.717) is 0 Å². The second-order valence-electron chi connectivity index (χ2n) is 6.17. The van der Waals surface area contributed by atoms with E-state index < -0.39 is 34.4 Å². The van der Waals surface area contributed by atoms with Gasteiger partial charge in [0.25, 0.3) is 5.91 Å². The molecule has 25 heavy (non-hydrogen) atoms. The van der Waals surface area contributed by atoms with Crippen LogP contribution in [0.15, 0.2) is 29.3 Å². The molecule has 1 aromatic rings. The first-order chi connectivity index (χ1) is 11.8. The van der Waals surface area contributed by atoms with Crippen LogP contribution in [-0.2, 0) is 15.7 Å². The molecule has 128 valence electrons. The van der Waals surface area contributed by atoms with Gasteiger partial charge >= 0.3 is 6.18 Å². The van der Waals surface area contributed by atoms with Gasteiger partial charge in [-0.1, -0.05) is 18.2 Å². The Labute approximate surface area is 140 Å². The molecule has 3 aliphatic rings. The molecule has 3 atom stereocenters. The Morgan fingerprint density at radius 2 is 1.88 bits per heavy atom. The zero-order valence-electron chi connectivity index (χ0n) is 12.7. The molecule has 4 rings (SSSR count). The largest absolute Gasteiger partial charge is 0.416 e. The summed E-state index contributed by atoms with van der Waals surface area (Å²) in [6.07, 6.45) is -4.54. The highest BCUT2D eigenvalue weighted by Gasteiger charge is 2.94.